The van der Waals surface area contributed by atoms with Crippen molar-refractivity contribution in [3.63, 3.8) is 0 Å². The lowest BCUT2D eigenvalue weighted by molar-refractivity contribution is -0.140. The molecule has 44 heavy (non-hydrogen) atoms. The number of anilines is 1. The van der Waals surface area contributed by atoms with Crippen LogP contribution in [0.5, 0.6) is 17.2 Å². The van der Waals surface area contributed by atoms with E-state index in [4.69, 9.17) is 9.47 Å². The molecule has 0 spiro atoms. The Morgan fingerprint density at radius 1 is 0.818 bits per heavy atom. The predicted octanol–water partition coefficient (Wildman–Crippen LogP) is 5.54. The molecule has 0 heterocycles. The summed E-state index contributed by atoms with van der Waals surface area (Å²) < 4.78 is 40.3. The van der Waals surface area contributed by atoms with Crippen LogP contribution in [0.15, 0.2) is 108 Å². The quantitative estimate of drug-likeness (QED) is 0.212. The second-order valence-corrected chi connectivity index (χ2v) is 12.0. The van der Waals surface area contributed by atoms with E-state index in [9.17, 15) is 18.0 Å². The van der Waals surface area contributed by atoms with Crippen molar-refractivity contribution < 1.29 is 27.5 Å². The average molecular weight is 616 g/mol. The molecule has 4 aromatic carbocycles. The molecular weight excluding hydrogens is 578 g/mol. The molecule has 0 fully saturated rings. The molecule has 1 atom stereocenters. The van der Waals surface area contributed by atoms with Crippen LogP contribution in [-0.4, -0.2) is 51.9 Å². The zero-order valence-electron chi connectivity index (χ0n) is 25.3. The molecule has 2 amide bonds. The summed E-state index contributed by atoms with van der Waals surface area (Å²) in [5, 5.41) is 2.63. The molecular formula is C34H37N3O6S. The number of hydrogen-bond acceptors (Lipinski definition) is 6. The number of ether oxygens (including phenoxy) is 2. The molecule has 0 aromatic heterocycles. The van der Waals surface area contributed by atoms with Crippen molar-refractivity contribution in [1.29, 1.82) is 0 Å². The maximum absolute atomic E-state index is 14.1. The van der Waals surface area contributed by atoms with Gasteiger partial charge in [-0.1, -0.05) is 55.0 Å². The Hall–Kier alpha value is -4.83. The molecule has 1 unspecified atom stereocenters. The van der Waals surface area contributed by atoms with Gasteiger partial charge >= 0.3 is 0 Å². The van der Waals surface area contributed by atoms with Gasteiger partial charge in [0.25, 0.3) is 10.0 Å². The Morgan fingerprint density at radius 3 is 1.98 bits per heavy atom. The van der Waals surface area contributed by atoms with Crippen LogP contribution in [0.25, 0.3) is 0 Å². The molecule has 0 radical (unpaired) electrons. The van der Waals surface area contributed by atoms with Crippen LogP contribution >= 0.6 is 0 Å². The van der Waals surface area contributed by atoms with Gasteiger partial charge in [0.05, 0.1) is 17.7 Å². The van der Waals surface area contributed by atoms with Gasteiger partial charge in [0, 0.05) is 13.6 Å². The second kappa shape index (κ2) is 14.6. The smallest absolute Gasteiger partial charge is 0.264 e. The number of nitrogens with one attached hydrogen (secondary N) is 1. The van der Waals surface area contributed by atoms with Gasteiger partial charge in [-0.25, -0.2) is 8.42 Å². The zero-order valence-corrected chi connectivity index (χ0v) is 26.1. The van der Waals surface area contributed by atoms with Crippen molar-refractivity contribution in [2.24, 2.45) is 0 Å². The van der Waals surface area contributed by atoms with Crippen LogP contribution in [0.2, 0.25) is 0 Å². The van der Waals surface area contributed by atoms with E-state index in [1.807, 2.05) is 49.4 Å². The number of aryl methyl sites for hydroxylation is 1. The molecule has 0 saturated carbocycles. The minimum Gasteiger partial charge on any atom is -0.497 e. The number of rotatable bonds is 13. The first-order chi connectivity index (χ1) is 21.2. The van der Waals surface area contributed by atoms with Crippen molar-refractivity contribution in [3.8, 4) is 17.2 Å². The highest BCUT2D eigenvalue weighted by molar-refractivity contribution is 7.92. The third kappa shape index (κ3) is 7.76. The number of para-hydroxylation sites is 1. The predicted molar refractivity (Wildman–Crippen MR) is 170 cm³/mol. The van der Waals surface area contributed by atoms with E-state index >= 15 is 0 Å². The molecule has 10 heteroatoms. The summed E-state index contributed by atoms with van der Waals surface area (Å²) in [5.74, 6) is 0.917. The number of amides is 2. The molecule has 0 saturated heterocycles. The minimum absolute atomic E-state index is 0.0422. The highest BCUT2D eigenvalue weighted by atomic mass is 32.2. The standard InChI is InChI=1S/C34H37N3O6S/c1-5-32(34(39)35-3)36(23-26-13-17-28(42-4)18-14-26)33(38)24-37(44(40,41)31-21-11-25(2)12-22-31)27-15-19-30(20-16-27)43-29-9-7-6-8-10-29/h6-22,32H,5,23-24H2,1-4H3,(H,35,39). The Labute approximate surface area is 259 Å². The Kier molecular flexibility index (Phi) is 10.6. The fraction of sp³-hybridized carbons (Fsp3) is 0.235. The van der Waals surface area contributed by atoms with Crippen molar-refractivity contribution in [1.82, 2.24) is 10.2 Å². The number of carbonyl (C=O) groups is 2. The molecule has 0 aliphatic carbocycles. The first-order valence-electron chi connectivity index (χ1n) is 14.2. The van der Waals surface area contributed by atoms with E-state index in [0.29, 0.717) is 23.7 Å². The fourth-order valence-electron chi connectivity index (χ4n) is 4.69. The average Bonchev–Trinajstić information content (AvgIpc) is 3.04. The van der Waals surface area contributed by atoms with Gasteiger partial charge in [0.1, 0.15) is 29.8 Å². The van der Waals surface area contributed by atoms with E-state index in [2.05, 4.69) is 5.32 Å². The van der Waals surface area contributed by atoms with Crippen LogP contribution in [0.3, 0.4) is 0 Å². The molecule has 1 N–H and O–H groups in total. The Morgan fingerprint density at radius 2 is 1.41 bits per heavy atom. The van der Waals surface area contributed by atoms with Crippen molar-refractivity contribution in [3.05, 3.63) is 114 Å². The van der Waals surface area contributed by atoms with Crippen molar-refractivity contribution in [2.75, 3.05) is 25.0 Å². The Balaban J connectivity index is 1.71. The van der Waals surface area contributed by atoms with Gasteiger partial charge in [-0.05, 0) is 79.6 Å². The third-order valence-electron chi connectivity index (χ3n) is 7.14. The molecule has 9 nitrogen and oxygen atoms in total. The lowest BCUT2D eigenvalue weighted by atomic mass is 10.1. The lowest BCUT2D eigenvalue weighted by Crippen LogP contribution is -2.51. The zero-order chi connectivity index (χ0) is 31.7. The van der Waals surface area contributed by atoms with E-state index in [-0.39, 0.29) is 23.0 Å². The van der Waals surface area contributed by atoms with Crippen molar-refractivity contribution >= 4 is 27.5 Å². The maximum Gasteiger partial charge on any atom is 0.264 e. The van der Waals surface area contributed by atoms with Crippen LogP contribution in [-0.2, 0) is 26.2 Å². The number of methoxy groups -OCH3 is 1. The summed E-state index contributed by atoms with van der Waals surface area (Å²) in [7, 11) is -1.11. The minimum atomic E-state index is -4.18. The monoisotopic (exact) mass is 615 g/mol. The number of benzene rings is 4. The molecule has 0 bridgehead atoms. The van der Waals surface area contributed by atoms with E-state index in [0.717, 1.165) is 15.4 Å². The summed E-state index contributed by atoms with van der Waals surface area (Å²) in [6.45, 7) is 3.24. The highest BCUT2D eigenvalue weighted by Crippen LogP contribution is 2.29. The van der Waals surface area contributed by atoms with Gasteiger partial charge in [-0.3, -0.25) is 13.9 Å². The molecule has 4 rings (SSSR count). The number of likely N-dealkylation sites (N-methyl/N-ethyl adjacent to an activating group) is 1. The molecule has 0 aliphatic rings. The Bertz CT molecular complexity index is 1640. The third-order valence-corrected chi connectivity index (χ3v) is 8.92. The van der Waals surface area contributed by atoms with E-state index in [1.54, 1.807) is 62.6 Å². The summed E-state index contributed by atoms with van der Waals surface area (Å²) in [4.78, 5) is 28.5. The van der Waals surface area contributed by atoms with Gasteiger partial charge < -0.3 is 19.7 Å². The van der Waals surface area contributed by atoms with Gasteiger partial charge in [-0.15, -0.1) is 0 Å². The molecule has 4 aromatic rings. The van der Waals surface area contributed by atoms with Gasteiger partial charge in [0.15, 0.2) is 0 Å². The fourth-order valence-corrected chi connectivity index (χ4v) is 6.10. The van der Waals surface area contributed by atoms with Crippen LogP contribution in [0.4, 0.5) is 5.69 Å². The number of carbonyl (C=O) groups excluding carboxylic acids is 2. The highest BCUT2D eigenvalue weighted by Gasteiger charge is 2.33. The largest absolute Gasteiger partial charge is 0.497 e. The first-order valence-corrected chi connectivity index (χ1v) is 15.7. The van der Waals surface area contributed by atoms with Crippen molar-refractivity contribution in [2.45, 2.75) is 37.8 Å². The van der Waals surface area contributed by atoms with Crippen LogP contribution in [0.1, 0.15) is 24.5 Å². The number of hydrogen-bond donors (Lipinski definition) is 1. The normalized spacial score (nSPS) is 11.7. The van der Waals surface area contributed by atoms with Crippen LogP contribution in [0, 0.1) is 6.92 Å². The molecule has 230 valence electrons. The maximum atomic E-state index is 14.1. The van der Waals surface area contributed by atoms with Crippen LogP contribution < -0.4 is 19.1 Å². The lowest BCUT2D eigenvalue weighted by Gasteiger charge is -2.33. The number of sulfonamides is 1. The summed E-state index contributed by atoms with van der Waals surface area (Å²) in [5.41, 5.74) is 1.93. The van der Waals surface area contributed by atoms with Gasteiger partial charge in [-0.2, -0.15) is 0 Å². The van der Waals surface area contributed by atoms with E-state index < -0.39 is 28.5 Å². The SMILES string of the molecule is CCC(C(=O)NC)N(Cc1ccc(OC)cc1)C(=O)CN(c1ccc(Oc2ccccc2)cc1)S(=O)(=O)c1ccc(C)cc1. The topological polar surface area (TPSA) is 105 Å². The first kappa shape index (κ1) is 32.1. The summed E-state index contributed by atoms with van der Waals surface area (Å²) in [6, 6.07) is 28.5. The van der Waals surface area contributed by atoms with Gasteiger partial charge in [0.2, 0.25) is 11.8 Å². The summed E-state index contributed by atoms with van der Waals surface area (Å²) >= 11 is 0. The van der Waals surface area contributed by atoms with E-state index in [1.165, 1.54) is 24.1 Å². The second-order valence-electron chi connectivity index (χ2n) is 10.1. The summed E-state index contributed by atoms with van der Waals surface area (Å²) in [6.07, 6.45) is 0.331. The molecule has 0 aliphatic heterocycles. The number of nitrogens with zero attached hydrogens (tertiary/aromatic N) is 2.